The van der Waals surface area contributed by atoms with E-state index >= 15 is 0 Å². The fourth-order valence-electron chi connectivity index (χ4n) is 3.75. The van der Waals surface area contributed by atoms with Crippen molar-refractivity contribution in [1.29, 1.82) is 0 Å². The number of fused-ring (bicyclic) bond motifs is 1. The van der Waals surface area contributed by atoms with Crippen LogP contribution < -0.4 is 4.90 Å². The smallest absolute Gasteiger partial charge is 0.277 e. The number of benzene rings is 1. The van der Waals surface area contributed by atoms with E-state index in [9.17, 15) is 9.59 Å². The summed E-state index contributed by atoms with van der Waals surface area (Å²) < 4.78 is 0. The highest BCUT2D eigenvalue weighted by atomic mass is 16.2. The van der Waals surface area contributed by atoms with Gasteiger partial charge in [0.05, 0.1) is 0 Å². The summed E-state index contributed by atoms with van der Waals surface area (Å²) in [7, 11) is 0. The fourth-order valence-corrected chi connectivity index (χ4v) is 3.75. The molecule has 4 rings (SSSR count). The quantitative estimate of drug-likeness (QED) is 0.848. The van der Waals surface area contributed by atoms with Crippen LogP contribution >= 0.6 is 0 Å². The van der Waals surface area contributed by atoms with E-state index in [1.165, 1.54) is 5.56 Å². The maximum absolute atomic E-state index is 13.1. The highest BCUT2D eigenvalue weighted by Gasteiger charge is 2.32. The molecule has 1 atom stereocenters. The van der Waals surface area contributed by atoms with Crippen LogP contribution in [0.15, 0.2) is 42.5 Å². The number of anilines is 1. The minimum Gasteiger partial charge on any atom is -0.337 e. The molecule has 25 heavy (non-hydrogen) atoms. The molecule has 0 radical (unpaired) electrons. The van der Waals surface area contributed by atoms with Crippen molar-refractivity contribution in [2.45, 2.75) is 32.2 Å². The average molecular weight is 335 g/mol. The van der Waals surface area contributed by atoms with Gasteiger partial charge in [0.1, 0.15) is 11.4 Å². The summed E-state index contributed by atoms with van der Waals surface area (Å²) in [6.45, 7) is 3.58. The van der Waals surface area contributed by atoms with Gasteiger partial charge in [-0.3, -0.25) is 9.59 Å². The minimum atomic E-state index is -0.145. The Bertz CT molecular complexity index is 827. The van der Waals surface area contributed by atoms with Crippen LogP contribution in [-0.2, 0) is 6.42 Å². The Labute approximate surface area is 147 Å². The standard InChI is InChI=1S/C20H21N3O2/c1-14-13-15-7-2-3-10-18(15)23(14)20(25)17-9-6-8-16(21-17)19(24)22-11-4-5-12-22/h2-3,6-10,14H,4-5,11-13H2,1H3. The Kier molecular flexibility index (Phi) is 3.99. The molecule has 5 nitrogen and oxygen atoms in total. The number of likely N-dealkylation sites (tertiary alicyclic amines) is 1. The molecule has 0 spiro atoms. The summed E-state index contributed by atoms with van der Waals surface area (Å²) in [5, 5.41) is 0. The van der Waals surface area contributed by atoms with Crippen LogP contribution in [0.25, 0.3) is 0 Å². The van der Waals surface area contributed by atoms with E-state index in [0.29, 0.717) is 11.4 Å². The van der Waals surface area contributed by atoms with Gasteiger partial charge < -0.3 is 9.80 Å². The number of aromatic nitrogens is 1. The van der Waals surface area contributed by atoms with Crippen molar-refractivity contribution in [3.05, 3.63) is 59.4 Å². The van der Waals surface area contributed by atoms with Crippen LogP contribution in [0.5, 0.6) is 0 Å². The third kappa shape index (κ3) is 2.80. The number of amides is 2. The number of para-hydroxylation sites is 1. The number of hydrogen-bond acceptors (Lipinski definition) is 3. The normalized spacial score (nSPS) is 19.2. The lowest BCUT2D eigenvalue weighted by atomic mass is 10.1. The molecule has 1 fully saturated rings. The second kappa shape index (κ2) is 6.31. The molecule has 2 aromatic rings. The van der Waals surface area contributed by atoms with Crippen molar-refractivity contribution >= 4 is 17.5 Å². The number of hydrogen-bond donors (Lipinski definition) is 0. The minimum absolute atomic E-state index is 0.0815. The SMILES string of the molecule is CC1Cc2ccccc2N1C(=O)c1cccc(C(=O)N2CCCC2)n1. The van der Waals surface area contributed by atoms with Gasteiger partial charge in [0, 0.05) is 24.8 Å². The van der Waals surface area contributed by atoms with Crippen molar-refractivity contribution in [2.24, 2.45) is 0 Å². The van der Waals surface area contributed by atoms with Gasteiger partial charge in [0.25, 0.3) is 11.8 Å². The van der Waals surface area contributed by atoms with Gasteiger partial charge in [-0.2, -0.15) is 0 Å². The van der Waals surface area contributed by atoms with Gasteiger partial charge in [-0.25, -0.2) is 4.98 Å². The molecule has 0 bridgehead atoms. The molecule has 128 valence electrons. The molecule has 1 aromatic heterocycles. The number of carbonyl (C=O) groups is 2. The zero-order valence-corrected chi connectivity index (χ0v) is 14.3. The Balaban J connectivity index is 1.63. The lowest BCUT2D eigenvalue weighted by molar-refractivity contribution is 0.0787. The Morgan fingerprint density at radius 2 is 1.64 bits per heavy atom. The molecule has 0 saturated carbocycles. The molecule has 1 aromatic carbocycles. The number of rotatable bonds is 2. The molecule has 1 unspecified atom stereocenters. The first-order valence-electron chi connectivity index (χ1n) is 8.83. The summed E-state index contributed by atoms with van der Waals surface area (Å²) in [4.78, 5) is 33.6. The highest BCUT2D eigenvalue weighted by Crippen LogP contribution is 2.32. The molecule has 0 N–H and O–H groups in total. The van der Waals surface area contributed by atoms with Crippen molar-refractivity contribution < 1.29 is 9.59 Å². The second-order valence-corrected chi connectivity index (χ2v) is 6.76. The van der Waals surface area contributed by atoms with Gasteiger partial charge in [-0.15, -0.1) is 0 Å². The number of carbonyl (C=O) groups excluding carboxylic acids is 2. The van der Waals surface area contributed by atoms with Gasteiger partial charge in [-0.05, 0) is 49.9 Å². The van der Waals surface area contributed by atoms with Crippen LogP contribution in [0.1, 0.15) is 46.3 Å². The first-order valence-corrected chi connectivity index (χ1v) is 8.83. The Morgan fingerprint density at radius 1 is 0.960 bits per heavy atom. The Hall–Kier alpha value is -2.69. The topological polar surface area (TPSA) is 53.5 Å². The van der Waals surface area contributed by atoms with Crippen LogP contribution in [0, 0.1) is 0 Å². The van der Waals surface area contributed by atoms with Gasteiger partial charge in [0.2, 0.25) is 0 Å². The maximum Gasteiger partial charge on any atom is 0.277 e. The van der Waals surface area contributed by atoms with E-state index in [4.69, 9.17) is 0 Å². The van der Waals surface area contributed by atoms with E-state index in [1.54, 1.807) is 23.1 Å². The van der Waals surface area contributed by atoms with Gasteiger partial charge in [-0.1, -0.05) is 24.3 Å². The van der Waals surface area contributed by atoms with E-state index in [1.807, 2.05) is 30.0 Å². The van der Waals surface area contributed by atoms with Crippen LogP contribution in [0.4, 0.5) is 5.69 Å². The summed E-state index contributed by atoms with van der Waals surface area (Å²) in [6.07, 6.45) is 2.91. The molecular formula is C20H21N3O2. The largest absolute Gasteiger partial charge is 0.337 e. The average Bonchev–Trinajstić information content (AvgIpc) is 3.27. The second-order valence-electron chi connectivity index (χ2n) is 6.76. The molecule has 1 saturated heterocycles. The molecular weight excluding hydrogens is 314 g/mol. The molecule has 2 aliphatic heterocycles. The first-order chi connectivity index (χ1) is 12.1. The van der Waals surface area contributed by atoms with Crippen LogP contribution in [0.2, 0.25) is 0 Å². The molecule has 5 heteroatoms. The monoisotopic (exact) mass is 335 g/mol. The lowest BCUT2D eigenvalue weighted by Gasteiger charge is -2.22. The summed E-state index contributed by atoms with van der Waals surface area (Å²) in [5.41, 5.74) is 2.80. The molecule has 3 heterocycles. The molecule has 0 aliphatic carbocycles. The molecule has 2 aliphatic rings. The van der Waals surface area contributed by atoms with Gasteiger partial charge in [0.15, 0.2) is 0 Å². The lowest BCUT2D eigenvalue weighted by Crippen LogP contribution is -2.36. The van der Waals surface area contributed by atoms with Crippen molar-refractivity contribution in [1.82, 2.24) is 9.88 Å². The predicted octanol–water partition coefficient (Wildman–Crippen LogP) is 2.91. The fraction of sp³-hybridized carbons (Fsp3) is 0.350. The summed E-state index contributed by atoms with van der Waals surface area (Å²) in [5.74, 6) is -0.226. The number of nitrogens with zero attached hydrogens (tertiary/aromatic N) is 3. The van der Waals surface area contributed by atoms with Gasteiger partial charge >= 0.3 is 0 Å². The van der Waals surface area contributed by atoms with E-state index in [-0.39, 0.29) is 17.9 Å². The molecule has 2 amide bonds. The van der Waals surface area contributed by atoms with Crippen LogP contribution in [0.3, 0.4) is 0 Å². The zero-order chi connectivity index (χ0) is 17.4. The zero-order valence-electron chi connectivity index (χ0n) is 14.3. The highest BCUT2D eigenvalue weighted by molar-refractivity contribution is 6.07. The number of pyridine rings is 1. The van der Waals surface area contributed by atoms with Crippen LogP contribution in [-0.4, -0.2) is 40.8 Å². The third-order valence-corrected chi connectivity index (χ3v) is 5.01. The van der Waals surface area contributed by atoms with Crippen molar-refractivity contribution in [3.8, 4) is 0 Å². The summed E-state index contributed by atoms with van der Waals surface area (Å²) >= 11 is 0. The van der Waals surface area contributed by atoms with E-state index in [0.717, 1.165) is 38.0 Å². The summed E-state index contributed by atoms with van der Waals surface area (Å²) in [6, 6.07) is 13.2. The van der Waals surface area contributed by atoms with Crippen molar-refractivity contribution in [3.63, 3.8) is 0 Å². The first kappa shape index (κ1) is 15.8. The maximum atomic E-state index is 13.1. The Morgan fingerprint density at radius 3 is 2.40 bits per heavy atom. The van der Waals surface area contributed by atoms with E-state index < -0.39 is 0 Å². The third-order valence-electron chi connectivity index (χ3n) is 5.01. The van der Waals surface area contributed by atoms with Crippen molar-refractivity contribution in [2.75, 3.05) is 18.0 Å². The van der Waals surface area contributed by atoms with E-state index in [2.05, 4.69) is 11.1 Å². The predicted molar refractivity (Wildman–Crippen MR) is 95.8 cm³/mol.